The number of nitrogens with one attached hydrogen (secondary N) is 1. The van der Waals surface area contributed by atoms with E-state index in [0.717, 1.165) is 44.5 Å². The molecule has 2 atom stereocenters. The highest BCUT2D eigenvalue weighted by Crippen LogP contribution is 2.31. The lowest BCUT2D eigenvalue weighted by Gasteiger charge is -2.27. The summed E-state index contributed by atoms with van der Waals surface area (Å²) in [6.45, 7) is 7.19. The molecule has 1 N–H and O–H groups in total. The van der Waals surface area contributed by atoms with Crippen LogP contribution in [0.5, 0.6) is 0 Å². The number of rotatable bonds is 2. The molecule has 1 aliphatic carbocycles. The van der Waals surface area contributed by atoms with Crippen molar-refractivity contribution >= 4 is 6.09 Å². The zero-order valence-corrected chi connectivity index (χ0v) is 13.7. The number of hydrogen-bond donors (Lipinski definition) is 1. The maximum atomic E-state index is 12.1. The van der Waals surface area contributed by atoms with Gasteiger partial charge in [0.25, 0.3) is 0 Å². The molecule has 1 aromatic rings. The number of amides is 1. The molecule has 2 unspecified atom stereocenters. The van der Waals surface area contributed by atoms with Crippen LogP contribution in [0.1, 0.15) is 57.4 Å². The third-order valence-electron chi connectivity index (χ3n) is 4.33. The van der Waals surface area contributed by atoms with Gasteiger partial charge in [-0.2, -0.15) is 0 Å². The number of furan rings is 1. The summed E-state index contributed by atoms with van der Waals surface area (Å²) in [5, 5.41) is 3.70. The largest absolute Gasteiger partial charge is 0.469 e. The van der Waals surface area contributed by atoms with Gasteiger partial charge in [-0.1, -0.05) is 0 Å². The molecule has 1 aliphatic heterocycles. The van der Waals surface area contributed by atoms with Crippen LogP contribution in [0, 0.1) is 0 Å². The van der Waals surface area contributed by atoms with Gasteiger partial charge in [-0.05, 0) is 46.1 Å². The highest BCUT2D eigenvalue weighted by atomic mass is 16.6. The van der Waals surface area contributed by atoms with Gasteiger partial charge in [0.2, 0.25) is 0 Å². The molecule has 0 saturated carbocycles. The standard InChI is InChI=1S/C17H26N2O3/c1-17(2,3)22-16(20)19-9-7-12(11-19)18-14-5-4-6-15-13(14)8-10-21-15/h8,10,12,14,18H,4-7,9,11H2,1-3H3. The monoisotopic (exact) mass is 306 g/mol. The third-order valence-corrected chi connectivity index (χ3v) is 4.33. The summed E-state index contributed by atoms with van der Waals surface area (Å²) < 4.78 is 11.0. The molecule has 1 amide bonds. The summed E-state index contributed by atoms with van der Waals surface area (Å²) in [6.07, 6.45) is 5.88. The van der Waals surface area contributed by atoms with Crippen molar-refractivity contribution in [3.05, 3.63) is 23.7 Å². The third kappa shape index (κ3) is 3.46. The van der Waals surface area contributed by atoms with Gasteiger partial charge in [-0.3, -0.25) is 0 Å². The van der Waals surface area contributed by atoms with Crippen molar-refractivity contribution in [1.82, 2.24) is 10.2 Å². The molecule has 0 bridgehead atoms. The molecular weight excluding hydrogens is 280 g/mol. The molecule has 3 rings (SSSR count). The fourth-order valence-electron chi connectivity index (χ4n) is 3.33. The Hall–Kier alpha value is -1.49. The van der Waals surface area contributed by atoms with E-state index in [1.807, 2.05) is 25.7 Å². The summed E-state index contributed by atoms with van der Waals surface area (Å²) in [5.41, 5.74) is 0.861. The summed E-state index contributed by atoms with van der Waals surface area (Å²) in [6, 6.07) is 2.76. The number of nitrogens with zero attached hydrogens (tertiary/aromatic N) is 1. The average molecular weight is 306 g/mol. The first-order chi connectivity index (χ1) is 10.4. The summed E-state index contributed by atoms with van der Waals surface area (Å²) in [4.78, 5) is 13.9. The molecule has 2 heterocycles. The lowest BCUT2D eigenvalue weighted by Crippen LogP contribution is -2.39. The van der Waals surface area contributed by atoms with Crippen molar-refractivity contribution in [3.63, 3.8) is 0 Å². The second kappa shape index (κ2) is 5.95. The smallest absolute Gasteiger partial charge is 0.410 e. The van der Waals surface area contributed by atoms with E-state index in [9.17, 15) is 4.79 Å². The molecule has 1 saturated heterocycles. The topological polar surface area (TPSA) is 54.7 Å². The van der Waals surface area contributed by atoms with Gasteiger partial charge in [0.05, 0.1) is 6.26 Å². The number of likely N-dealkylation sites (tertiary alicyclic amines) is 1. The van der Waals surface area contributed by atoms with Crippen LogP contribution in [-0.4, -0.2) is 35.7 Å². The minimum Gasteiger partial charge on any atom is -0.469 e. The number of hydrogen-bond acceptors (Lipinski definition) is 4. The molecule has 5 nitrogen and oxygen atoms in total. The van der Waals surface area contributed by atoms with Crippen LogP contribution < -0.4 is 5.32 Å². The van der Waals surface area contributed by atoms with Gasteiger partial charge in [-0.25, -0.2) is 4.79 Å². The van der Waals surface area contributed by atoms with Gasteiger partial charge in [0.1, 0.15) is 11.4 Å². The number of carbonyl (C=O) groups excluding carboxylic acids is 1. The van der Waals surface area contributed by atoms with E-state index in [1.165, 1.54) is 5.56 Å². The first-order valence-electron chi connectivity index (χ1n) is 8.22. The van der Waals surface area contributed by atoms with Gasteiger partial charge < -0.3 is 19.4 Å². The van der Waals surface area contributed by atoms with Crippen LogP contribution in [0.3, 0.4) is 0 Å². The highest BCUT2D eigenvalue weighted by molar-refractivity contribution is 5.68. The number of carbonyl (C=O) groups is 1. The summed E-state index contributed by atoms with van der Waals surface area (Å²) in [7, 11) is 0. The Bertz CT molecular complexity index is 532. The average Bonchev–Trinajstić information content (AvgIpc) is 3.05. The van der Waals surface area contributed by atoms with E-state index in [2.05, 4.69) is 11.4 Å². The van der Waals surface area contributed by atoms with Gasteiger partial charge in [0.15, 0.2) is 0 Å². The molecule has 5 heteroatoms. The molecule has 1 aromatic heterocycles. The van der Waals surface area contributed by atoms with Crippen LogP contribution in [0.25, 0.3) is 0 Å². The minimum absolute atomic E-state index is 0.204. The Morgan fingerprint density at radius 1 is 1.41 bits per heavy atom. The predicted molar refractivity (Wildman–Crippen MR) is 83.7 cm³/mol. The second-order valence-corrected chi connectivity index (χ2v) is 7.32. The van der Waals surface area contributed by atoms with Crippen LogP contribution in [0.15, 0.2) is 16.7 Å². The van der Waals surface area contributed by atoms with E-state index in [4.69, 9.17) is 9.15 Å². The van der Waals surface area contributed by atoms with E-state index in [1.54, 1.807) is 6.26 Å². The van der Waals surface area contributed by atoms with Crippen LogP contribution >= 0.6 is 0 Å². The summed E-state index contributed by atoms with van der Waals surface area (Å²) >= 11 is 0. The zero-order valence-electron chi connectivity index (χ0n) is 13.7. The Labute approximate surface area is 132 Å². The zero-order chi connectivity index (χ0) is 15.7. The molecule has 122 valence electrons. The van der Waals surface area contributed by atoms with Gasteiger partial charge in [-0.15, -0.1) is 0 Å². The SMILES string of the molecule is CC(C)(C)OC(=O)N1CCC(NC2CCCc3occc32)C1. The quantitative estimate of drug-likeness (QED) is 0.911. The predicted octanol–water partition coefficient (Wildman–Crippen LogP) is 3.26. The van der Waals surface area contributed by atoms with E-state index < -0.39 is 5.60 Å². The van der Waals surface area contributed by atoms with Crippen molar-refractivity contribution in [1.29, 1.82) is 0 Å². The van der Waals surface area contributed by atoms with Crippen LogP contribution in [-0.2, 0) is 11.2 Å². The number of aryl methyl sites for hydroxylation is 1. The van der Waals surface area contributed by atoms with E-state index >= 15 is 0 Å². The first-order valence-corrected chi connectivity index (χ1v) is 8.22. The molecule has 2 aliphatic rings. The molecule has 1 fully saturated rings. The molecule has 22 heavy (non-hydrogen) atoms. The van der Waals surface area contributed by atoms with Gasteiger partial charge >= 0.3 is 6.09 Å². The normalized spacial score (nSPS) is 25.1. The molecule has 0 spiro atoms. The molecule has 0 radical (unpaired) electrons. The van der Waals surface area contributed by atoms with Crippen molar-refractivity contribution in [2.24, 2.45) is 0 Å². The van der Waals surface area contributed by atoms with E-state index in [0.29, 0.717) is 12.1 Å². The highest BCUT2D eigenvalue weighted by Gasteiger charge is 2.32. The number of fused-ring (bicyclic) bond motifs is 1. The van der Waals surface area contributed by atoms with Crippen molar-refractivity contribution in [2.75, 3.05) is 13.1 Å². The fourth-order valence-corrected chi connectivity index (χ4v) is 3.33. The van der Waals surface area contributed by atoms with E-state index in [-0.39, 0.29) is 6.09 Å². The summed E-state index contributed by atoms with van der Waals surface area (Å²) in [5.74, 6) is 1.12. The van der Waals surface area contributed by atoms with Crippen LogP contribution in [0.2, 0.25) is 0 Å². The first kappa shape index (κ1) is 15.4. The Morgan fingerprint density at radius 2 is 2.23 bits per heavy atom. The maximum absolute atomic E-state index is 12.1. The second-order valence-electron chi connectivity index (χ2n) is 7.32. The Kier molecular flexibility index (Phi) is 4.17. The lowest BCUT2D eigenvalue weighted by atomic mass is 9.93. The lowest BCUT2D eigenvalue weighted by molar-refractivity contribution is 0.0290. The van der Waals surface area contributed by atoms with Crippen LogP contribution in [0.4, 0.5) is 4.79 Å². The maximum Gasteiger partial charge on any atom is 0.410 e. The van der Waals surface area contributed by atoms with Gasteiger partial charge in [0, 0.05) is 37.2 Å². The fraction of sp³-hybridized carbons (Fsp3) is 0.706. The van der Waals surface area contributed by atoms with Crippen molar-refractivity contribution in [3.8, 4) is 0 Å². The van der Waals surface area contributed by atoms with Crippen molar-refractivity contribution < 1.29 is 13.9 Å². The minimum atomic E-state index is -0.433. The van der Waals surface area contributed by atoms with Crippen molar-refractivity contribution in [2.45, 2.75) is 64.1 Å². The number of ether oxygens (including phenoxy) is 1. The Balaban J connectivity index is 1.55. The molecular formula is C17H26N2O3. The Morgan fingerprint density at radius 3 is 3.00 bits per heavy atom. The molecule has 0 aromatic carbocycles.